The molecule has 1 fully saturated rings. The Morgan fingerprint density at radius 2 is 2.35 bits per heavy atom. The second-order valence-electron chi connectivity index (χ2n) is 4.76. The van der Waals surface area contributed by atoms with Gasteiger partial charge >= 0.3 is 0 Å². The van der Waals surface area contributed by atoms with Gasteiger partial charge in [-0.15, -0.1) is 0 Å². The van der Waals surface area contributed by atoms with E-state index in [1.165, 1.54) is 0 Å². The Kier molecular flexibility index (Phi) is 5.33. The summed E-state index contributed by atoms with van der Waals surface area (Å²) in [5, 5.41) is 3.04. The molecule has 1 aliphatic rings. The largest absolute Gasteiger partial charge is 0.377 e. The van der Waals surface area contributed by atoms with Crippen LogP contribution in [0.1, 0.15) is 26.2 Å². The molecule has 1 unspecified atom stereocenters. The number of ether oxygens (including phenoxy) is 1. The van der Waals surface area contributed by atoms with Crippen LogP contribution in [-0.2, 0) is 14.8 Å². The molecule has 1 aliphatic heterocycles. The molecule has 0 aliphatic carbocycles. The van der Waals surface area contributed by atoms with Crippen molar-refractivity contribution < 1.29 is 13.2 Å². The molecular weight excluding hydrogens is 278 g/mol. The van der Waals surface area contributed by atoms with Gasteiger partial charge in [0.05, 0.1) is 6.10 Å². The van der Waals surface area contributed by atoms with Crippen LogP contribution in [0.15, 0.2) is 23.2 Å². The van der Waals surface area contributed by atoms with Crippen molar-refractivity contribution in [3.8, 4) is 0 Å². The zero-order chi connectivity index (χ0) is 14.4. The van der Waals surface area contributed by atoms with Gasteiger partial charge in [0, 0.05) is 25.9 Å². The van der Waals surface area contributed by atoms with Crippen LogP contribution in [0.2, 0.25) is 0 Å². The number of pyridine rings is 1. The highest BCUT2D eigenvalue weighted by molar-refractivity contribution is 7.89. The molecule has 7 heteroatoms. The van der Waals surface area contributed by atoms with Crippen molar-refractivity contribution in [2.75, 3.05) is 25.0 Å². The molecule has 2 heterocycles. The summed E-state index contributed by atoms with van der Waals surface area (Å²) in [6, 6.07) is 3.18. The van der Waals surface area contributed by atoms with Crippen molar-refractivity contribution in [2.24, 2.45) is 0 Å². The fourth-order valence-electron chi connectivity index (χ4n) is 2.07. The van der Waals surface area contributed by atoms with E-state index in [2.05, 4.69) is 15.0 Å². The molecule has 112 valence electrons. The smallest absolute Gasteiger partial charge is 0.244 e. The van der Waals surface area contributed by atoms with Gasteiger partial charge in [0.1, 0.15) is 10.7 Å². The van der Waals surface area contributed by atoms with Gasteiger partial charge in [0.2, 0.25) is 10.0 Å². The Morgan fingerprint density at radius 3 is 3.05 bits per heavy atom. The number of hydrogen-bond donors (Lipinski definition) is 2. The van der Waals surface area contributed by atoms with Crippen LogP contribution in [0, 0.1) is 0 Å². The normalized spacial score (nSPS) is 19.1. The summed E-state index contributed by atoms with van der Waals surface area (Å²) in [7, 11) is -3.56. The average molecular weight is 299 g/mol. The quantitative estimate of drug-likeness (QED) is 0.794. The summed E-state index contributed by atoms with van der Waals surface area (Å²) >= 11 is 0. The molecule has 2 N–H and O–H groups in total. The highest BCUT2D eigenvalue weighted by Crippen LogP contribution is 2.18. The summed E-state index contributed by atoms with van der Waals surface area (Å²) in [4.78, 5) is 4.29. The van der Waals surface area contributed by atoms with E-state index in [1.807, 2.05) is 6.92 Å². The van der Waals surface area contributed by atoms with Gasteiger partial charge in [-0.3, -0.25) is 0 Å². The fraction of sp³-hybridized carbons (Fsp3) is 0.615. The second kappa shape index (κ2) is 7.01. The molecule has 0 saturated carbocycles. The molecule has 0 aromatic carbocycles. The summed E-state index contributed by atoms with van der Waals surface area (Å²) < 4.78 is 32.7. The Morgan fingerprint density at radius 1 is 1.50 bits per heavy atom. The topological polar surface area (TPSA) is 80.3 Å². The molecule has 0 radical (unpaired) electrons. The van der Waals surface area contributed by atoms with E-state index in [1.54, 1.807) is 18.3 Å². The van der Waals surface area contributed by atoms with Gasteiger partial charge < -0.3 is 10.1 Å². The minimum atomic E-state index is -3.56. The van der Waals surface area contributed by atoms with Gasteiger partial charge in [-0.05, 0) is 31.4 Å². The molecule has 0 bridgehead atoms. The molecule has 1 saturated heterocycles. The minimum absolute atomic E-state index is 0.0199. The molecule has 2 rings (SSSR count). The second-order valence-corrected chi connectivity index (χ2v) is 6.50. The zero-order valence-corrected chi connectivity index (χ0v) is 12.4. The lowest BCUT2D eigenvalue weighted by molar-refractivity contribution is 0.114. The lowest BCUT2D eigenvalue weighted by Crippen LogP contribution is -2.32. The average Bonchev–Trinajstić information content (AvgIpc) is 2.97. The van der Waals surface area contributed by atoms with Crippen molar-refractivity contribution in [1.29, 1.82) is 0 Å². The SMILES string of the molecule is CCCNc1ncccc1S(=O)(=O)NCC1CCCO1. The summed E-state index contributed by atoms with van der Waals surface area (Å²) in [5.74, 6) is 0.397. The van der Waals surface area contributed by atoms with Crippen LogP contribution in [0.25, 0.3) is 0 Å². The number of sulfonamides is 1. The molecular formula is C13H21N3O3S. The number of rotatable bonds is 7. The first-order chi connectivity index (χ1) is 9.63. The van der Waals surface area contributed by atoms with E-state index in [4.69, 9.17) is 4.74 Å². The van der Waals surface area contributed by atoms with Crippen LogP contribution in [0.5, 0.6) is 0 Å². The van der Waals surface area contributed by atoms with Crippen LogP contribution < -0.4 is 10.0 Å². The summed E-state index contributed by atoms with van der Waals surface area (Å²) in [6.07, 6.45) is 4.35. The van der Waals surface area contributed by atoms with Crippen LogP contribution in [0.4, 0.5) is 5.82 Å². The number of nitrogens with one attached hydrogen (secondary N) is 2. The Hall–Kier alpha value is -1.18. The maximum Gasteiger partial charge on any atom is 0.244 e. The van der Waals surface area contributed by atoms with Crippen LogP contribution in [-0.4, -0.2) is 39.2 Å². The Labute approximate surface area is 120 Å². The van der Waals surface area contributed by atoms with Crippen LogP contribution in [0.3, 0.4) is 0 Å². The van der Waals surface area contributed by atoms with Crippen molar-refractivity contribution in [2.45, 2.75) is 37.2 Å². The molecule has 0 amide bonds. The van der Waals surface area contributed by atoms with Crippen LogP contribution >= 0.6 is 0 Å². The van der Waals surface area contributed by atoms with Crippen molar-refractivity contribution in [1.82, 2.24) is 9.71 Å². The first-order valence-electron chi connectivity index (χ1n) is 6.93. The molecule has 1 aromatic heterocycles. The number of aromatic nitrogens is 1. The third-order valence-corrected chi connectivity index (χ3v) is 4.58. The predicted molar refractivity (Wildman–Crippen MR) is 77.2 cm³/mol. The summed E-state index contributed by atoms with van der Waals surface area (Å²) in [6.45, 7) is 3.72. The molecule has 20 heavy (non-hydrogen) atoms. The van der Waals surface area contributed by atoms with E-state index >= 15 is 0 Å². The minimum Gasteiger partial charge on any atom is -0.377 e. The molecule has 0 spiro atoms. The number of hydrogen-bond acceptors (Lipinski definition) is 5. The standard InChI is InChI=1S/C13H21N3O3S/c1-2-7-14-13-12(6-3-8-15-13)20(17,18)16-10-11-5-4-9-19-11/h3,6,8,11,16H,2,4-5,7,9-10H2,1H3,(H,14,15). The van der Waals surface area contributed by atoms with Gasteiger partial charge in [-0.25, -0.2) is 18.1 Å². The highest BCUT2D eigenvalue weighted by atomic mass is 32.2. The summed E-state index contributed by atoms with van der Waals surface area (Å²) in [5.41, 5.74) is 0. The highest BCUT2D eigenvalue weighted by Gasteiger charge is 2.22. The zero-order valence-electron chi connectivity index (χ0n) is 11.6. The predicted octanol–water partition coefficient (Wildman–Crippen LogP) is 1.36. The van der Waals surface area contributed by atoms with E-state index in [0.29, 0.717) is 25.5 Å². The molecule has 6 nitrogen and oxygen atoms in total. The Bertz CT molecular complexity index is 527. The number of anilines is 1. The third kappa shape index (κ3) is 3.91. The van der Waals surface area contributed by atoms with E-state index in [9.17, 15) is 8.42 Å². The maximum absolute atomic E-state index is 12.3. The fourth-order valence-corrected chi connectivity index (χ4v) is 3.27. The number of nitrogens with zero attached hydrogens (tertiary/aromatic N) is 1. The van der Waals surface area contributed by atoms with Gasteiger partial charge in [-0.2, -0.15) is 0 Å². The first-order valence-corrected chi connectivity index (χ1v) is 8.42. The molecule has 1 aromatic rings. The van der Waals surface area contributed by atoms with E-state index < -0.39 is 10.0 Å². The van der Waals surface area contributed by atoms with Gasteiger partial charge in [0.25, 0.3) is 0 Å². The van der Waals surface area contributed by atoms with Crippen molar-refractivity contribution in [3.63, 3.8) is 0 Å². The van der Waals surface area contributed by atoms with Gasteiger partial charge in [0.15, 0.2) is 0 Å². The lowest BCUT2D eigenvalue weighted by Gasteiger charge is -2.14. The lowest BCUT2D eigenvalue weighted by atomic mass is 10.2. The van der Waals surface area contributed by atoms with Crippen molar-refractivity contribution >= 4 is 15.8 Å². The van der Waals surface area contributed by atoms with Gasteiger partial charge in [-0.1, -0.05) is 6.92 Å². The Balaban J connectivity index is 2.07. The van der Waals surface area contributed by atoms with Crippen molar-refractivity contribution in [3.05, 3.63) is 18.3 Å². The third-order valence-electron chi connectivity index (χ3n) is 3.13. The molecule has 1 atom stereocenters. The monoisotopic (exact) mass is 299 g/mol. The van der Waals surface area contributed by atoms with E-state index in [-0.39, 0.29) is 11.0 Å². The maximum atomic E-state index is 12.3. The van der Waals surface area contributed by atoms with E-state index in [0.717, 1.165) is 19.3 Å². The first kappa shape index (κ1) is 15.2.